The molecule has 0 amide bonds. The van der Waals surface area contributed by atoms with Gasteiger partial charge in [0.05, 0.1) is 16.9 Å². The van der Waals surface area contributed by atoms with E-state index in [4.69, 9.17) is 11.6 Å². The number of aromatic amines is 1. The molecule has 130 valence electrons. The van der Waals surface area contributed by atoms with E-state index >= 15 is 0 Å². The highest BCUT2D eigenvalue weighted by Gasteiger charge is 2.06. The van der Waals surface area contributed by atoms with Crippen molar-refractivity contribution in [2.45, 2.75) is 33.6 Å². The molecular weight excluding hydrogens is 328 g/mol. The number of allylic oxidation sites excluding steroid dienone is 7. The Morgan fingerprint density at radius 3 is 2.84 bits per heavy atom. The molecular formula is C22H25ClN2. The molecule has 2 aromatic rings. The number of aromatic nitrogens is 2. The van der Waals surface area contributed by atoms with E-state index in [1.807, 2.05) is 44.3 Å². The number of hydrogen-bond acceptors (Lipinski definition) is 1. The summed E-state index contributed by atoms with van der Waals surface area (Å²) in [6, 6.07) is 6.03. The fourth-order valence-corrected chi connectivity index (χ4v) is 2.72. The molecule has 0 aliphatic rings. The Kier molecular flexibility index (Phi) is 7.49. The average Bonchev–Trinajstić information content (AvgIpc) is 3.06. The number of H-pyrrole nitrogens is 1. The molecule has 0 fully saturated rings. The van der Waals surface area contributed by atoms with Crippen LogP contribution >= 0.6 is 11.6 Å². The first kappa shape index (κ1) is 19.0. The van der Waals surface area contributed by atoms with Gasteiger partial charge >= 0.3 is 0 Å². The lowest BCUT2D eigenvalue weighted by atomic mass is 10.1. The number of imidazole rings is 1. The summed E-state index contributed by atoms with van der Waals surface area (Å²) in [6.45, 7) is 6.22. The predicted molar refractivity (Wildman–Crippen MR) is 110 cm³/mol. The topological polar surface area (TPSA) is 28.7 Å². The van der Waals surface area contributed by atoms with Crippen molar-refractivity contribution >= 4 is 17.7 Å². The molecule has 0 aliphatic heterocycles. The largest absolute Gasteiger partial charge is 0.338 e. The first-order chi connectivity index (χ1) is 12.1. The van der Waals surface area contributed by atoms with Gasteiger partial charge in [-0.15, -0.1) is 0 Å². The molecule has 2 rings (SSSR count). The van der Waals surface area contributed by atoms with Crippen LogP contribution in [0.4, 0.5) is 0 Å². The van der Waals surface area contributed by atoms with Crippen molar-refractivity contribution < 1.29 is 0 Å². The van der Waals surface area contributed by atoms with E-state index in [2.05, 4.69) is 53.3 Å². The van der Waals surface area contributed by atoms with Crippen LogP contribution in [0.3, 0.4) is 0 Å². The number of halogens is 1. The van der Waals surface area contributed by atoms with Gasteiger partial charge < -0.3 is 4.98 Å². The van der Waals surface area contributed by atoms with E-state index in [0.29, 0.717) is 0 Å². The lowest BCUT2D eigenvalue weighted by Crippen LogP contribution is -1.81. The Bertz CT molecular complexity index is 807. The summed E-state index contributed by atoms with van der Waals surface area (Å²) in [5.74, 6) is 0.834. The van der Waals surface area contributed by atoms with Gasteiger partial charge in [-0.05, 0) is 50.0 Å². The third-order valence-electron chi connectivity index (χ3n) is 3.80. The second kappa shape index (κ2) is 9.85. The van der Waals surface area contributed by atoms with Crippen molar-refractivity contribution in [1.29, 1.82) is 0 Å². The van der Waals surface area contributed by atoms with E-state index in [1.54, 1.807) is 0 Å². The summed E-state index contributed by atoms with van der Waals surface area (Å²) in [5.41, 5.74) is 4.37. The minimum Gasteiger partial charge on any atom is -0.338 e. The zero-order valence-electron chi connectivity index (χ0n) is 15.1. The molecule has 3 heteroatoms. The second-order valence-corrected chi connectivity index (χ2v) is 6.23. The molecule has 0 aliphatic carbocycles. The van der Waals surface area contributed by atoms with Crippen molar-refractivity contribution in [3.63, 3.8) is 0 Å². The van der Waals surface area contributed by atoms with Gasteiger partial charge in [-0.2, -0.15) is 0 Å². The molecule has 1 heterocycles. The number of hydrogen-bond donors (Lipinski definition) is 1. The molecule has 0 spiro atoms. The standard InChI is InChI=1S/C22H25ClN2/c1-4-6-10-18(5-2)11-8-7-9-12-22-24-16-21(25-22)19-14-13-17(3)15-20(19)23/h4,6,8-16H,5,7H2,1-3H3,(H,24,25)/b6-4-,11-8-,12-9+,18-10+. The van der Waals surface area contributed by atoms with Crippen LogP contribution in [0, 0.1) is 6.92 Å². The van der Waals surface area contributed by atoms with Crippen molar-refractivity contribution in [1.82, 2.24) is 9.97 Å². The molecule has 0 atom stereocenters. The number of benzene rings is 1. The maximum absolute atomic E-state index is 6.31. The zero-order chi connectivity index (χ0) is 18.1. The quantitative estimate of drug-likeness (QED) is 0.539. The Hall–Kier alpha value is -2.32. The predicted octanol–water partition coefficient (Wildman–Crippen LogP) is 6.91. The summed E-state index contributed by atoms with van der Waals surface area (Å²) >= 11 is 6.31. The van der Waals surface area contributed by atoms with Crippen molar-refractivity contribution in [3.05, 3.63) is 82.8 Å². The molecule has 0 saturated heterocycles. The van der Waals surface area contributed by atoms with Crippen molar-refractivity contribution in [2.75, 3.05) is 0 Å². The van der Waals surface area contributed by atoms with Gasteiger partial charge in [0.15, 0.2) is 0 Å². The van der Waals surface area contributed by atoms with Crippen LogP contribution < -0.4 is 0 Å². The van der Waals surface area contributed by atoms with Crippen LogP contribution in [0.1, 0.15) is 38.1 Å². The highest BCUT2D eigenvalue weighted by atomic mass is 35.5. The van der Waals surface area contributed by atoms with Gasteiger partial charge in [0.2, 0.25) is 0 Å². The van der Waals surface area contributed by atoms with Gasteiger partial charge in [-0.1, -0.05) is 67.1 Å². The second-order valence-electron chi connectivity index (χ2n) is 5.83. The third kappa shape index (κ3) is 5.91. The zero-order valence-corrected chi connectivity index (χ0v) is 15.8. The van der Waals surface area contributed by atoms with Gasteiger partial charge in [-0.3, -0.25) is 0 Å². The van der Waals surface area contributed by atoms with Gasteiger partial charge in [0.25, 0.3) is 0 Å². The van der Waals surface area contributed by atoms with E-state index in [-0.39, 0.29) is 0 Å². The smallest absolute Gasteiger partial charge is 0.130 e. The average molecular weight is 353 g/mol. The SMILES string of the molecule is C\C=C/C=C(/C=C\C/C=C/c1ncc(-c2ccc(C)cc2Cl)[nH]1)CC. The molecule has 25 heavy (non-hydrogen) atoms. The number of rotatable bonds is 7. The summed E-state index contributed by atoms with van der Waals surface area (Å²) < 4.78 is 0. The maximum Gasteiger partial charge on any atom is 0.130 e. The summed E-state index contributed by atoms with van der Waals surface area (Å²) in [5, 5.41) is 0.738. The Morgan fingerprint density at radius 1 is 1.28 bits per heavy atom. The Morgan fingerprint density at radius 2 is 2.12 bits per heavy atom. The number of aryl methyl sites for hydroxylation is 1. The molecule has 0 saturated carbocycles. The minimum atomic E-state index is 0.738. The molecule has 1 aromatic carbocycles. The molecule has 0 unspecified atom stereocenters. The fraction of sp³-hybridized carbons (Fsp3) is 0.227. The number of nitrogens with zero attached hydrogens (tertiary/aromatic N) is 1. The monoisotopic (exact) mass is 352 g/mol. The van der Waals surface area contributed by atoms with Crippen LogP contribution in [0.25, 0.3) is 17.3 Å². The van der Waals surface area contributed by atoms with E-state index in [0.717, 1.165) is 40.5 Å². The molecule has 2 nitrogen and oxygen atoms in total. The molecule has 1 N–H and O–H groups in total. The highest BCUT2D eigenvalue weighted by Crippen LogP contribution is 2.27. The highest BCUT2D eigenvalue weighted by molar-refractivity contribution is 6.33. The van der Waals surface area contributed by atoms with Gasteiger partial charge in [0, 0.05) is 5.56 Å². The Balaban J connectivity index is 1.98. The minimum absolute atomic E-state index is 0.738. The van der Waals surface area contributed by atoms with E-state index in [1.165, 1.54) is 5.57 Å². The summed E-state index contributed by atoms with van der Waals surface area (Å²) in [7, 11) is 0. The first-order valence-corrected chi connectivity index (χ1v) is 8.98. The van der Waals surface area contributed by atoms with Crippen LogP contribution in [-0.4, -0.2) is 9.97 Å². The van der Waals surface area contributed by atoms with Crippen LogP contribution in [0.2, 0.25) is 5.02 Å². The van der Waals surface area contributed by atoms with Crippen LogP contribution in [0.15, 0.2) is 66.4 Å². The van der Waals surface area contributed by atoms with Gasteiger partial charge in [-0.25, -0.2) is 4.98 Å². The van der Waals surface area contributed by atoms with E-state index in [9.17, 15) is 0 Å². The molecule has 0 radical (unpaired) electrons. The first-order valence-electron chi connectivity index (χ1n) is 8.60. The van der Waals surface area contributed by atoms with Crippen molar-refractivity contribution in [3.8, 4) is 11.3 Å². The van der Waals surface area contributed by atoms with Crippen molar-refractivity contribution in [2.24, 2.45) is 0 Å². The lowest BCUT2D eigenvalue weighted by Gasteiger charge is -2.02. The molecule has 0 bridgehead atoms. The third-order valence-corrected chi connectivity index (χ3v) is 4.11. The van der Waals surface area contributed by atoms with Crippen LogP contribution in [0.5, 0.6) is 0 Å². The van der Waals surface area contributed by atoms with Gasteiger partial charge in [0.1, 0.15) is 5.82 Å². The normalized spacial score (nSPS) is 12.9. The maximum atomic E-state index is 6.31. The molecule has 1 aromatic heterocycles. The fourth-order valence-electron chi connectivity index (χ4n) is 2.39. The summed E-state index contributed by atoms with van der Waals surface area (Å²) in [4.78, 5) is 7.70. The Labute approximate surface area is 155 Å². The number of nitrogens with one attached hydrogen (secondary N) is 1. The lowest BCUT2D eigenvalue weighted by molar-refractivity contribution is 1.14. The summed E-state index contributed by atoms with van der Waals surface area (Å²) in [6.07, 6.45) is 18.4. The van der Waals surface area contributed by atoms with Crippen LogP contribution in [-0.2, 0) is 0 Å². The van der Waals surface area contributed by atoms with E-state index < -0.39 is 0 Å².